The second kappa shape index (κ2) is 9.13. The molecule has 2 heterocycles. The summed E-state index contributed by atoms with van der Waals surface area (Å²) < 4.78 is 7.82. The lowest BCUT2D eigenvalue weighted by atomic mass is 9.92. The first-order valence-electron chi connectivity index (χ1n) is 9.90. The number of hydrogen-bond donors (Lipinski definition) is 1. The highest BCUT2D eigenvalue weighted by Gasteiger charge is 2.20. The van der Waals surface area contributed by atoms with E-state index >= 15 is 0 Å². The van der Waals surface area contributed by atoms with Crippen LogP contribution in [0.25, 0.3) is 0 Å². The Balaban J connectivity index is 1.34. The Kier molecular flexibility index (Phi) is 6.33. The van der Waals surface area contributed by atoms with Crippen LogP contribution in [0.4, 0.5) is 5.13 Å². The van der Waals surface area contributed by atoms with Crippen molar-refractivity contribution in [1.82, 2.24) is 25.0 Å². The van der Waals surface area contributed by atoms with Crippen LogP contribution >= 0.6 is 23.1 Å². The number of carbonyl (C=O) groups is 1. The molecular formula is C20H24N6O2S2. The Morgan fingerprint density at radius 3 is 2.80 bits per heavy atom. The Morgan fingerprint density at radius 1 is 1.23 bits per heavy atom. The van der Waals surface area contributed by atoms with Gasteiger partial charge in [0.15, 0.2) is 11.0 Å². The number of anilines is 1. The van der Waals surface area contributed by atoms with Crippen LogP contribution in [0, 0.1) is 6.92 Å². The average molecular weight is 445 g/mol. The van der Waals surface area contributed by atoms with E-state index in [4.69, 9.17) is 4.74 Å². The molecule has 0 bridgehead atoms. The van der Waals surface area contributed by atoms with E-state index in [9.17, 15) is 4.79 Å². The fourth-order valence-corrected chi connectivity index (χ4v) is 4.71. The van der Waals surface area contributed by atoms with E-state index in [1.165, 1.54) is 47.1 Å². The van der Waals surface area contributed by atoms with Gasteiger partial charge in [-0.2, -0.15) is 0 Å². The highest BCUT2D eigenvalue weighted by molar-refractivity contribution is 8.00. The number of nitrogens with zero attached hydrogens (tertiary/aromatic N) is 5. The third-order valence-corrected chi connectivity index (χ3v) is 6.91. The molecule has 0 saturated heterocycles. The van der Waals surface area contributed by atoms with Crippen LogP contribution in [0.5, 0.6) is 5.75 Å². The maximum atomic E-state index is 12.4. The summed E-state index contributed by atoms with van der Waals surface area (Å²) >= 11 is 2.69. The molecule has 3 aromatic rings. The molecule has 1 aliphatic rings. The minimum Gasteiger partial charge on any atom is -0.486 e. The van der Waals surface area contributed by atoms with Gasteiger partial charge in [-0.15, -0.1) is 20.4 Å². The number of ether oxygens (including phenoxy) is 1. The zero-order chi connectivity index (χ0) is 21.1. The summed E-state index contributed by atoms with van der Waals surface area (Å²) in [6.07, 6.45) is 4.78. The van der Waals surface area contributed by atoms with Gasteiger partial charge >= 0.3 is 0 Å². The lowest BCUT2D eigenvalue weighted by Gasteiger charge is -2.16. The number of hydrogen-bond acceptors (Lipinski definition) is 8. The molecule has 0 aliphatic heterocycles. The molecule has 2 aromatic heterocycles. The molecule has 8 nitrogen and oxygen atoms in total. The standard InChI is InChI=1S/C20H24N6O2S2/c1-12(18(27)21-19-24-22-13(2)30-19)29-20-25-23-17(26(20)3)11-28-16-9-8-14-6-4-5-7-15(14)10-16/h8-10,12H,4-7,11H2,1-3H3,(H,21,24,27)/t12-/m1/s1. The number of rotatable bonds is 7. The van der Waals surface area contributed by atoms with Crippen LogP contribution in [0.1, 0.15) is 41.7 Å². The molecule has 0 radical (unpaired) electrons. The largest absolute Gasteiger partial charge is 0.486 e. The summed E-state index contributed by atoms with van der Waals surface area (Å²) in [4.78, 5) is 12.4. The molecule has 1 atom stereocenters. The third kappa shape index (κ3) is 4.81. The summed E-state index contributed by atoms with van der Waals surface area (Å²) in [6, 6.07) is 6.33. The minimum atomic E-state index is -0.355. The highest BCUT2D eigenvalue weighted by atomic mass is 32.2. The zero-order valence-corrected chi connectivity index (χ0v) is 18.8. The first kappa shape index (κ1) is 20.8. The molecule has 1 aromatic carbocycles. The molecule has 1 N–H and O–H groups in total. The number of fused-ring (bicyclic) bond motifs is 1. The van der Waals surface area contributed by atoms with Crippen molar-refractivity contribution in [3.05, 3.63) is 40.2 Å². The second-order valence-electron chi connectivity index (χ2n) is 7.26. The molecule has 1 aliphatic carbocycles. The first-order valence-corrected chi connectivity index (χ1v) is 11.6. The molecule has 10 heteroatoms. The van der Waals surface area contributed by atoms with E-state index in [-0.39, 0.29) is 11.2 Å². The normalized spacial score (nSPS) is 14.2. The average Bonchev–Trinajstić information content (AvgIpc) is 3.31. The van der Waals surface area contributed by atoms with Crippen LogP contribution in [-0.2, 0) is 31.3 Å². The highest BCUT2D eigenvalue weighted by Crippen LogP contribution is 2.27. The van der Waals surface area contributed by atoms with Crippen molar-refractivity contribution in [3.8, 4) is 5.75 Å². The number of benzene rings is 1. The molecule has 158 valence electrons. The van der Waals surface area contributed by atoms with E-state index in [0.717, 1.165) is 23.6 Å². The second-order valence-corrected chi connectivity index (χ2v) is 9.75. The van der Waals surface area contributed by atoms with E-state index in [0.29, 0.717) is 22.7 Å². The van der Waals surface area contributed by atoms with Crippen molar-refractivity contribution in [3.63, 3.8) is 0 Å². The fraction of sp³-hybridized carbons (Fsp3) is 0.450. The first-order chi connectivity index (χ1) is 14.5. The van der Waals surface area contributed by atoms with Crippen molar-refractivity contribution in [2.75, 3.05) is 5.32 Å². The molecule has 30 heavy (non-hydrogen) atoms. The lowest BCUT2D eigenvalue weighted by Crippen LogP contribution is -2.22. The van der Waals surface area contributed by atoms with Crippen LogP contribution in [0.15, 0.2) is 23.4 Å². The van der Waals surface area contributed by atoms with Gasteiger partial charge in [0.1, 0.15) is 17.4 Å². The van der Waals surface area contributed by atoms with E-state index < -0.39 is 0 Å². The lowest BCUT2D eigenvalue weighted by molar-refractivity contribution is -0.115. The number of aromatic nitrogens is 5. The van der Waals surface area contributed by atoms with Gasteiger partial charge in [-0.25, -0.2) is 0 Å². The third-order valence-electron chi connectivity index (χ3n) is 5.02. The maximum absolute atomic E-state index is 12.4. The molecule has 1 amide bonds. The van der Waals surface area contributed by atoms with Gasteiger partial charge in [-0.1, -0.05) is 29.2 Å². The SMILES string of the molecule is Cc1nnc(NC(=O)[C@@H](C)Sc2nnc(COc3ccc4c(c3)CCCC4)n2C)s1. The zero-order valence-electron chi connectivity index (χ0n) is 17.2. The fourth-order valence-electron chi connectivity index (χ4n) is 3.29. The van der Waals surface area contributed by atoms with Crippen molar-refractivity contribution in [1.29, 1.82) is 0 Å². The van der Waals surface area contributed by atoms with Crippen molar-refractivity contribution >= 4 is 34.1 Å². The van der Waals surface area contributed by atoms with Gasteiger partial charge < -0.3 is 9.30 Å². The van der Waals surface area contributed by atoms with Gasteiger partial charge in [-0.05, 0) is 62.8 Å². The summed E-state index contributed by atoms with van der Waals surface area (Å²) in [5, 5.41) is 20.7. The summed E-state index contributed by atoms with van der Waals surface area (Å²) in [7, 11) is 1.88. The molecule has 0 unspecified atom stereocenters. The van der Waals surface area contributed by atoms with Gasteiger partial charge in [0, 0.05) is 7.05 Å². The van der Waals surface area contributed by atoms with Crippen LogP contribution < -0.4 is 10.1 Å². The number of thioether (sulfide) groups is 1. The van der Waals surface area contributed by atoms with Crippen molar-refractivity contribution in [2.24, 2.45) is 7.05 Å². The number of nitrogens with one attached hydrogen (secondary N) is 1. The monoisotopic (exact) mass is 444 g/mol. The number of carbonyl (C=O) groups excluding carboxylic acids is 1. The van der Waals surface area contributed by atoms with Crippen LogP contribution in [0.3, 0.4) is 0 Å². The maximum Gasteiger partial charge on any atom is 0.239 e. The quantitative estimate of drug-likeness (QED) is 0.557. The summed E-state index contributed by atoms with van der Waals surface area (Å²) in [5.41, 5.74) is 2.82. The van der Waals surface area contributed by atoms with E-state index in [1.807, 2.05) is 31.5 Å². The number of amides is 1. The summed E-state index contributed by atoms with van der Waals surface area (Å²) in [6.45, 7) is 4.00. The molecule has 0 spiro atoms. The van der Waals surface area contributed by atoms with Gasteiger partial charge in [0.05, 0.1) is 5.25 Å². The minimum absolute atomic E-state index is 0.147. The molecule has 4 rings (SSSR count). The smallest absolute Gasteiger partial charge is 0.239 e. The van der Waals surface area contributed by atoms with Crippen molar-refractivity contribution in [2.45, 2.75) is 56.5 Å². The Labute approximate surface area is 183 Å². The molecular weight excluding hydrogens is 420 g/mol. The summed E-state index contributed by atoms with van der Waals surface area (Å²) in [5.74, 6) is 1.42. The van der Waals surface area contributed by atoms with Gasteiger partial charge in [-0.3, -0.25) is 10.1 Å². The van der Waals surface area contributed by atoms with Crippen molar-refractivity contribution < 1.29 is 9.53 Å². The molecule has 0 fully saturated rings. The Morgan fingerprint density at radius 2 is 2.03 bits per heavy atom. The van der Waals surface area contributed by atoms with Gasteiger partial charge in [0.2, 0.25) is 11.0 Å². The predicted octanol–water partition coefficient (Wildman–Crippen LogP) is 3.55. The predicted molar refractivity (Wildman–Crippen MR) is 117 cm³/mol. The molecule has 0 saturated carbocycles. The topological polar surface area (TPSA) is 94.8 Å². The van der Waals surface area contributed by atoms with Crippen LogP contribution in [0.2, 0.25) is 0 Å². The van der Waals surface area contributed by atoms with E-state index in [2.05, 4.69) is 37.8 Å². The Bertz CT molecular complexity index is 1050. The van der Waals surface area contributed by atoms with Crippen LogP contribution in [-0.4, -0.2) is 36.1 Å². The van der Waals surface area contributed by atoms with Gasteiger partial charge in [0.25, 0.3) is 0 Å². The Hall–Kier alpha value is -2.46. The van der Waals surface area contributed by atoms with E-state index in [1.54, 1.807) is 0 Å². The number of aryl methyl sites for hydroxylation is 3.